The Morgan fingerprint density at radius 2 is 1.79 bits per heavy atom. The van der Waals surface area contributed by atoms with Gasteiger partial charge >= 0.3 is 0 Å². The van der Waals surface area contributed by atoms with E-state index in [1.54, 1.807) is 0 Å². The number of benzene rings is 1. The second kappa shape index (κ2) is 8.02. The molecule has 3 heterocycles. The number of aromatic nitrogens is 1. The van der Waals surface area contributed by atoms with Crippen LogP contribution in [0.3, 0.4) is 0 Å². The first-order chi connectivity index (χ1) is 14.2. The molecular formula is C22H19N5OS. The Kier molecular flexibility index (Phi) is 5.28. The molecule has 1 aromatic carbocycles. The summed E-state index contributed by atoms with van der Waals surface area (Å²) in [6, 6.07) is 20.9. The number of aliphatic hydroxyl groups is 1. The molecule has 1 aliphatic heterocycles. The van der Waals surface area contributed by atoms with Crippen molar-refractivity contribution in [2.75, 3.05) is 0 Å². The number of nitrogens with zero attached hydrogens (tertiary/aromatic N) is 3. The van der Waals surface area contributed by atoms with Crippen molar-refractivity contribution in [2.24, 2.45) is 5.92 Å². The molecule has 3 aromatic rings. The van der Waals surface area contributed by atoms with Gasteiger partial charge in [-0.3, -0.25) is 0 Å². The molecule has 7 heteroatoms. The Balaban J connectivity index is 1.96. The normalized spacial score (nSPS) is 26.9. The smallest absolute Gasteiger partial charge is 0.208 e. The minimum Gasteiger partial charge on any atom is -0.454 e. The standard InChI is InChI=1S/C22H19N5OS/c23-14-17-19(16-8-3-1-4-9-16)20(27-11-5-2-6-12-27)22(28,18-10-7-13-29-18)26-21(17)25-15-24/h1-13,17,19-20,25-26,28H/t17?,19-,20+,22+/m0/s1. The average Bonchev–Trinajstić information content (AvgIpc) is 3.31. The van der Waals surface area contributed by atoms with Gasteiger partial charge in [0.25, 0.3) is 0 Å². The maximum Gasteiger partial charge on any atom is 0.208 e. The van der Waals surface area contributed by atoms with E-state index in [1.165, 1.54) is 11.3 Å². The highest BCUT2D eigenvalue weighted by atomic mass is 32.1. The maximum atomic E-state index is 12.0. The minimum atomic E-state index is -1.52. The molecule has 1 unspecified atom stereocenters. The molecule has 4 rings (SSSR count). The molecule has 0 aliphatic carbocycles. The van der Waals surface area contributed by atoms with E-state index in [0.717, 1.165) is 5.56 Å². The molecule has 144 valence electrons. The maximum absolute atomic E-state index is 12.0. The zero-order chi connectivity index (χ0) is 20.3. The number of hydrogen-bond acceptors (Lipinski definition) is 6. The summed E-state index contributed by atoms with van der Waals surface area (Å²) >= 11 is 1.42. The van der Waals surface area contributed by atoms with Crippen LogP contribution in [0.2, 0.25) is 0 Å². The SMILES string of the molecule is N#CN[C-]1N[C@@](O)(c2cccs2)[C@H]([n+]2ccccc2)[C@@H](c2ccccc2)C1C#N. The molecule has 0 saturated carbocycles. The van der Waals surface area contributed by atoms with E-state index in [0.29, 0.717) is 11.0 Å². The Morgan fingerprint density at radius 1 is 1.07 bits per heavy atom. The van der Waals surface area contributed by atoms with Crippen molar-refractivity contribution in [2.45, 2.75) is 17.7 Å². The van der Waals surface area contributed by atoms with E-state index in [9.17, 15) is 15.6 Å². The number of piperidine rings is 1. The number of rotatable bonds is 4. The van der Waals surface area contributed by atoms with E-state index in [4.69, 9.17) is 0 Å². The van der Waals surface area contributed by atoms with Crippen molar-refractivity contribution in [3.63, 3.8) is 0 Å². The lowest BCUT2D eigenvalue weighted by Crippen LogP contribution is -2.67. The van der Waals surface area contributed by atoms with Gasteiger partial charge in [-0.25, -0.2) is 5.26 Å². The van der Waals surface area contributed by atoms with Gasteiger partial charge in [-0.2, -0.15) is 9.83 Å². The van der Waals surface area contributed by atoms with Gasteiger partial charge < -0.3 is 15.7 Å². The van der Waals surface area contributed by atoms with Gasteiger partial charge in [0.15, 0.2) is 18.1 Å². The number of nitrogens with one attached hydrogen (secondary N) is 2. The topological polar surface area (TPSA) is 95.8 Å². The van der Waals surface area contributed by atoms with Gasteiger partial charge in [0, 0.05) is 24.1 Å². The zero-order valence-electron chi connectivity index (χ0n) is 15.4. The zero-order valence-corrected chi connectivity index (χ0v) is 16.3. The van der Waals surface area contributed by atoms with Crippen molar-refractivity contribution < 1.29 is 9.67 Å². The fourth-order valence-corrected chi connectivity index (χ4v) is 4.86. The summed E-state index contributed by atoms with van der Waals surface area (Å²) in [6.07, 6.45) is 5.97. The molecule has 0 amide bonds. The predicted molar refractivity (Wildman–Crippen MR) is 107 cm³/mol. The lowest BCUT2D eigenvalue weighted by molar-refractivity contribution is -0.746. The molecule has 1 saturated heterocycles. The Hall–Kier alpha value is -3.23. The molecule has 29 heavy (non-hydrogen) atoms. The van der Waals surface area contributed by atoms with Crippen LogP contribution >= 0.6 is 11.3 Å². The molecule has 0 bridgehead atoms. The lowest BCUT2D eigenvalue weighted by atomic mass is 9.71. The largest absolute Gasteiger partial charge is 0.454 e. The van der Waals surface area contributed by atoms with Crippen LogP contribution in [0.15, 0.2) is 78.4 Å². The van der Waals surface area contributed by atoms with Crippen molar-refractivity contribution in [3.8, 4) is 12.3 Å². The van der Waals surface area contributed by atoms with E-state index in [2.05, 4.69) is 16.7 Å². The van der Waals surface area contributed by atoms with E-state index in [1.807, 2.05) is 89.2 Å². The summed E-state index contributed by atoms with van der Waals surface area (Å²) in [6.45, 7) is 0. The Morgan fingerprint density at radius 3 is 2.41 bits per heavy atom. The predicted octanol–water partition coefficient (Wildman–Crippen LogP) is 2.51. The summed E-state index contributed by atoms with van der Waals surface area (Å²) < 4.78 is 1.93. The summed E-state index contributed by atoms with van der Waals surface area (Å²) in [4.78, 5) is 0.702. The van der Waals surface area contributed by atoms with Crippen LogP contribution in [0, 0.1) is 34.9 Å². The summed E-state index contributed by atoms with van der Waals surface area (Å²) in [5, 5.41) is 38.9. The molecule has 4 atom stereocenters. The molecule has 0 radical (unpaired) electrons. The van der Waals surface area contributed by atoms with Gasteiger partial charge in [0.05, 0.1) is 4.88 Å². The fourth-order valence-electron chi connectivity index (χ4n) is 4.04. The Labute approximate surface area is 173 Å². The van der Waals surface area contributed by atoms with Gasteiger partial charge in [-0.05, 0) is 22.9 Å². The number of pyridine rings is 1. The van der Waals surface area contributed by atoms with Crippen molar-refractivity contribution >= 4 is 11.3 Å². The minimum absolute atomic E-state index is 0.299. The van der Waals surface area contributed by atoms with Crippen LogP contribution in [0.25, 0.3) is 0 Å². The molecule has 1 fully saturated rings. The van der Waals surface area contributed by atoms with E-state index in [-0.39, 0.29) is 0 Å². The number of nitriles is 2. The quantitative estimate of drug-likeness (QED) is 0.270. The van der Waals surface area contributed by atoms with Crippen LogP contribution in [0.4, 0.5) is 0 Å². The molecule has 3 N–H and O–H groups in total. The fraction of sp³-hybridized carbons (Fsp3) is 0.182. The Bertz CT molecular complexity index is 1030. The van der Waals surface area contributed by atoms with Crippen LogP contribution in [0.5, 0.6) is 0 Å². The van der Waals surface area contributed by atoms with Crippen LogP contribution in [-0.2, 0) is 5.72 Å². The summed E-state index contributed by atoms with van der Waals surface area (Å²) in [5.74, 6) is -1.08. The van der Waals surface area contributed by atoms with Crippen molar-refractivity contribution in [1.29, 1.82) is 10.5 Å². The third kappa shape index (κ3) is 3.37. The molecule has 2 aromatic heterocycles. The highest BCUT2D eigenvalue weighted by molar-refractivity contribution is 7.10. The molecule has 0 spiro atoms. The average molecular weight is 401 g/mol. The monoisotopic (exact) mass is 401 g/mol. The number of hydrogen-bond donors (Lipinski definition) is 3. The van der Waals surface area contributed by atoms with Crippen LogP contribution in [-0.4, -0.2) is 5.11 Å². The number of thiophene rings is 1. The first kappa shape index (κ1) is 19.1. The molecular weight excluding hydrogens is 382 g/mol. The highest BCUT2D eigenvalue weighted by Gasteiger charge is 2.55. The van der Waals surface area contributed by atoms with Crippen molar-refractivity contribution in [3.05, 3.63) is 95.0 Å². The van der Waals surface area contributed by atoms with Crippen LogP contribution in [0.1, 0.15) is 22.4 Å². The second-order valence-electron chi connectivity index (χ2n) is 6.83. The van der Waals surface area contributed by atoms with E-state index >= 15 is 0 Å². The summed E-state index contributed by atoms with van der Waals surface area (Å²) in [5.41, 5.74) is -0.609. The summed E-state index contributed by atoms with van der Waals surface area (Å²) in [7, 11) is 0. The first-order valence-electron chi connectivity index (χ1n) is 9.16. The highest BCUT2D eigenvalue weighted by Crippen LogP contribution is 2.49. The van der Waals surface area contributed by atoms with Gasteiger partial charge in [0.1, 0.15) is 6.19 Å². The third-order valence-electron chi connectivity index (χ3n) is 5.23. The molecule has 1 aliphatic rings. The second-order valence-corrected chi connectivity index (χ2v) is 7.78. The van der Waals surface area contributed by atoms with Gasteiger partial charge in [0.2, 0.25) is 6.04 Å². The molecule has 6 nitrogen and oxygen atoms in total. The van der Waals surface area contributed by atoms with Gasteiger partial charge in [-0.15, -0.1) is 17.5 Å². The first-order valence-corrected chi connectivity index (χ1v) is 10.0. The van der Waals surface area contributed by atoms with E-state index < -0.39 is 23.6 Å². The third-order valence-corrected chi connectivity index (χ3v) is 6.23. The van der Waals surface area contributed by atoms with Crippen molar-refractivity contribution in [1.82, 2.24) is 10.6 Å². The lowest BCUT2D eigenvalue weighted by Gasteiger charge is -2.54. The van der Waals surface area contributed by atoms with Gasteiger partial charge in [-0.1, -0.05) is 42.5 Å². The van der Waals surface area contributed by atoms with Crippen LogP contribution < -0.4 is 15.2 Å².